The molecule has 0 bridgehead atoms. The molecule has 5 rings (SSSR count). The van der Waals surface area contributed by atoms with E-state index in [1.54, 1.807) is 12.1 Å². The predicted molar refractivity (Wildman–Crippen MR) is 127 cm³/mol. The smallest absolute Gasteiger partial charge is 0.269 e. The van der Waals surface area contributed by atoms with Gasteiger partial charge < -0.3 is 9.72 Å². The number of thiophene rings is 1. The lowest BCUT2D eigenvalue weighted by Gasteiger charge is -2.11. The van der Waals surface area contributed by atoms with Crippen LogP contribution in [-0.2, 0) is 0 Å². The number of rotatable bonds is 4. The third kappa shape index (κ3) is 3.21. The minimum Gasteiger partial charge on any atom is -0.477 e. The molecule has 156 valence electrons. The van der Waals surface area contributed by atoms with Crippen molar-refractivity contribution in [3.8, 4) is 34.5 Å². The molecule has 32 heavy (non-hydrogen) atoms. The van der Waals surface area contributed by atoms with E-state index in [9.17, 15) is 10.1 Å². The van der Waals surface area contributed by atoms with Crippen LogP contribution >= 0.6 is 22.9 Å². The van der Waals surface area contributed by atoms with Gasteiger partial charge in [-0.2, -0.15) is 5.26 Å². The van der Waals surface area contributed by atoms with Gasteiger partial charge in [0.05, 0.1) is 17.1 Å². The van der Waals surface area contributed by atoms with Gasteiger partial charge in [-0.3, -0.25) is 4.79 Å². The Balaban J connectivity index is 1.95. The van der Waals surface area contributed by atoms with Gasteiger partial charge in [0.15, 0.2) is 0 Å². The zero-order valence-electron chi connectivity index (χ0n) is 16.8. The molecule has 0 saturated heterocycles. The van der Waals surface area contributed by atoms with Crippen LogP contribution < -0.4 is 10.3 Å². The van der Waals surface area contributed by atoms with Gasteiger partial charge in [-0.15, -0.1) is 11.3 Å². The van der Waals surface area contributed by atoms with E-state index in [4.69, 9.17) is 21.3 Å². The first-order valence-electron chi connectivity index (χ1n) is 9.86. The fraction of sp³-hybridized carbons (Fsp3) is 0.0833. The Morgan fingerprint density at radius 1 is 1.12 bits per heavy atom. The Bertz CT molecular complexity index is 1590. The number of nitriles is 1. The Hall–Kier alpha value is -3.73. The highest BCUT2D eigenvalue weighted by Gasteiger charge is 2.24. The number of aromatic amines is 1. The second-order valence-electron chi connectivity index (χ2n) is 6.93. The summed E-state index contributed by atoms with van der Waals surface area (Å²) in [5, 5.41) is 11.1. The molecule has 0 unspecified atom stereocenters. The molecule has 0 saturated carbocycles. The number of halogens is 1. The van der Waals surface area contributed by atoms with Crippen LogP contribution in [0.15, 0.2) is 59.4 Å². The van der Waals surface area contributed by atoms with Crippen molar-refractivity contribution in [3.63, 3.8) is 0 Å². The molecule has 2 aromatic carbocycles. The van der Waals surface area contributed by atoms with Crippen molar-refractivity contribution in [2.75, 3.05) is 6.61 Å². The number of pyridine rings is 1. The molecule has 1 N–H and O–H groups in total. The zero-order chi connectivity index (χ0) is 22.2. The van der Waals surface area contributed by atoms with Gasteiger partial charge in [0.25, 0.3) is 5.56 Å². The zero-order valence-corrected chi connectivity index (χ0v) is 18.4. The van der Waals surface area contributed by atoms with Crippen LogP contribution in [0.3, 0.4) is 0 Å². The standard InChI is InChI=1S/C24H15ClN4O2S/c1-2-31-23-15(12-26)17(13-8-4-3-5-9-13)18-19-20(32-24(18)29-23)22(30)28-21(27-19)14-10-6-7-11-16(14)25/h3-11H,2H2,1H3,(H,27,28,30). The summed E-state index contributed by atoms with van der Waals surface area (Å²) < 4.78 is 6.11. The minimum absolute atomic E-state index is 0.246. The molecule has 0 atom stereocenters. The van der Waals surface area contributed by atoms with Gasteiger partial charge in [0.2, 0.25) is 5.88 Å². The molecule has 3 aromatic heterocycles. The first-order chi connectivity index (χ1) is 15.6. The maximum Gasteiger partial charge on any atom is 0.269 e. The first kappa shape index (κ1) is 20.2. The molecule has 0 aliphatic heterocycles. The van der Waals surface area contributed by atoms with Gasteiger partial charge in [0.1, 0.15) is 27.0 Å². The molecule has 0 amide bonds. The van der Waals surface area contributed by atoms with E-state index in [-0.39, 0.29) is 11.4 Å². The van der Waals surface area contributed by atoms with Gasteiger partial charge >= 0.3 is 0 Å². The number of nitrogens with zero attached hydrogens (tertiary/aromatic N) is 3. The highest BCUT2D eigenvalue weighted by molar-refractivity contribution is 7.25. The van der Waals surface area contributed by atoms with E-state index in [0.717, 1.165) is 5.56 Å². The van der Waals surface area contributed by atoms with Crippen molar-refractivity contribution in [1.82, 2.24) is 15.0 Å². The van der Waals surface area contributed by atoms with E-state index in [0.29, 0.717) is 54.6 Å². The number of benzene rings is 2. The molecular formula is C24H15ClN4O2S. The van der Waals surface area contributed by atoms with Crippen LogP contribution in [-0.4, -0.2) is 21.6 Å². The van der Waals surface area contributed by atoms with Crippen molar-refractivity contribution >= 4 is 43.4 Å². The van der Waals surface area contributed by atoms with Gasteiger partial charge in [-0.1, -0.05) is 54.1 Å². The molecule has 0 fully saturated rings. The van der Waals surface area contributed by atoms with E-state index in [1.165, 1.54) is 11.3 Å². The molecular weight excluding hydrogens is 444 g/mol. The van der Waals surface area contributed by atoms with Gasteiger partial charge in [-0.05, 0) is 24.6 Å². The number of ether oxygens (including phenoxy) is 1. The second kappa shape index (κ2) is 8.08. The summed E-state index contributed by atoms with van der Waals surface area (Å²) in [5.74, 6) is 0.606. The number of aromatic nitrogens is 3. The Morgan fingerprint density at radius 3 is 2.59 bits per heavy atom. The summed E-state index contributed by atoms with van der Waals surface area (Å²) >= 11 is 7.58. The van der Waals surface area contributed by atoms with Crippen molar-refractivity contribution < 1.29 is 4.74 Å². The van der Waals surface area contributed by atoms with Crippen molar-refractivity contribution in [2.45, 2.75) is 6.92 Å². The lowest BCUT2D eigenvalue weighted by Crippen LogP contribution is -2.08. The van der Waals surface area contributed by atoms with E-state index in [2.05, 4.69) is 16.0 Å². The molecule has 3 heterocycles. The Labute approximate surface area is 191 Å². The van der Waals surface area contributed by atoms with Gasteiger partial charge in [0, 0.05) is 16.5 Å². The van der Waals surface area contributed by atoms with Crippen LogP contribution in [0.2, 0.25) is 5.02 Å². The minimum atomic E-state index is -0.289. The summed E-state index contributed by atoms with van der Waals surface area (Å²) in [5.41, 5.74) is 2.59. The number of hydrogen-bond acceptors (Lipinski definition) is 6. The maximum absolute atomic E-state index is 13.0. The molecule has 5 aromatic rings. The molecule has 0 aliphatic carbocycles. The highest BCUT2D eigenvalue weighted by atomic mass is 35.5. The molecule has 0 radical (unpaired) electrons. The third-order valence-electron chi connectivity index (χ3n) is 5.03. The van der Waals surface area contributed by atoms with Crippen LogP contribution in [0.5, 0.6) is 5.88 Å². The lowest BCUT2D eigenvalue weighted by molar-refractivity contribution is 0.327. The summed E-state index contributed by atoms with van der Waals surface area (Å²) in [4.78, 5) is 25.8. The fourth-order valence-corrected chi connectivity index (χ4v) is 4.91. The number of hydrogen-bond donors (Lipinski definition) is 1. The molecule has 8 heteroatoms. The third-order valence-corrected chi connectivity index (χ3v) is 6.43. The normalized spacial score (nSPS) is 11.0. The topological polar surface area (TPSA) is 91.7 Å². The van der Waals surface area contributed by atoms with Crippen molar-refractivity contribution in [3.05, 3.63) is 75.5 Å². The average molecular weight is 459 g/mol. The van der Waals surface area contributed by atoms with Gasteiger partial charge in [-0.25, -0.2) is 9.97 Å². The number of nitrogens with one attached hydrogen (secondary N) is 1. The Kier molecular flexibility index (Phi) is 5.10. The average Bonchev–Trinajstić information content (AvgIpc) is 3.18. The fourth-order valence-electron chi connectivity index (χ4n) is 3.68. The quantitative estimate of drug-likeness (QED) is 0.368. The summed E-state index contributed by atoms with van der Waals surface area (Å²) in [6, 6.07) is 19.0. The van der Waals surface area contributed by atoms with E-state index >= 15 is 0 Å². The summed E-state index contributed by atoms with van der Waals surface area (Å²) in [6.45, 7) is 2.20. The van der Waals surface area contributed by atoms with Crippen LogP contribution in [0.25, 0.3) is 42.9 Å². The largest absolute Gasteiger partial charge is 0.477 e. The van der Waals surface area contributed by atoms with Crippen LogP contribution in [0.1, 0.15) is 12.5 Å². The van der Waals surface area contributed by atoms with E-state index in [1.807, 2.05) is 49.4 Å². The summed E-state index contributed by atoms with van der Waals surface area (Å²) in [7, 11) is 0. The molecule has 0 aliphatic rings. The first-order valence-corrected chi connectivity index (χ1v) is 11.1. The molecule has 0 spiro atoms. The van der Waals surface area contributed by atoms with E-state index < -0.39 is 0 Å². The van der Waals surface area contributed by atoms with Crippen LogP contribution in [0, 0.1) is 11.3 Å². The highest BCUT2D eigenvalue weighted by Crippen LogP contribution is 2.42. The molecule has 6 nitrogen and oxygen atoms in total. The number of fused-ring (bicyclic) bond motifs is 3. The van der Waals surface area contributed by atoms with Crippen molar-refractivity contribution in [2.24, 2.45) is 0 Å². The SMILES string of the molecule is CCOc1nc2sc3c(=O)[nH]c(-c4ccccc4Cl)nc3c2c(-c2ccccc2)c1C#N. The number of H-pyrrole nitrogens is 1. The second-order valence-corrected chi connectivity index (χ2v) is 8.34. The lowest BCUT2D eigenvalue weighted by atomic mass is 9.98. The predicted octanol–water partition coefficient (Wildman–Crippen LogP) is 5.79. The van der Waals surface area contributed by atoms with Crippen LogP contribution in [0.4, 0.5) is 0 Å². The monoisotopic (exact) mass is 458 g/mol. The maximum atomic E-state index is 13.0. The Morgan fingerprint density at radius 2 is 1.88 bits per heavy atom. The van der Waals surface area contributed by atoms with Crippen molar-refractivity contribution in [1.29, 1.82) is 5.26 Å². The summed E-state index contributed by atoms with van der Waals surface area (Å²) in [6.07, 6.45) is 0.